The van der Waals surface area contributed by atoms with Crippen molar-refractivity contribution >= 4 is 27.5 Å². The Morgan fingerprint density at radius 2 is 2.11 bits per heavy atom. The summed E-state index contributed by atoms with van der Waals surface area (Å²) in [5, 5.41) is 0.534. The van der Waals surface area contributed by atoms with Crippen LogP contribution in [0.3, 0.4) is 0 Å². The predicted octanol–water partition coefficient (Wildman–Crippen LogP) is 4.31. The Bertz CT molecular complexity index is 560. The molecule has 0 aliphatic rings. The van der Waals surface area contributed by atoms with Crippen molar-refractivity contribution in [2.45, 2.75) is 13.0 Å². The van der Waals surface area contributed by atoms with Crippen molar-refractivity contribution in [2.24, 2.45) is 5.73 Å². The zero-order valence-corrected chi connectivity index (χ0v) is 12.1. The van der Waals surface area contributed by atoms with E-state index in [1.165, 1.54) is 0 Å². The van der Waals surface area contributed by atoms with E-state index < -0.39 is 0 Å². The minimum Gasteiger partial charge on any atom is -0.437 e. The number of rotatable bonds is 3. The van der Waals surface area contributed by atoms with E-state index in [0.717, 1.165) is 10.0 Å². The smallest absolute Gasteiger partial charge is 0.219 e. The van der Waals surface area contributed by atoms with Gasteiger partial charge in [0.2, 0.25) is 5.88 Å². The van der Waals surface area contributed by atoms with Crippen LogP contribution in [-0.2, 0) is 0 Å². The lowest BCUT2D eigenvalue weighted by Crippen LogP contribution is -2.05. The van der Waals surface area contributed by atoms with Crippen molar-refractivity contribution in [1.29, 1.82) is 0 Å². The fourth-order valence-corrected chi connectivity index (χ4v) is 1.93. The molecule has 2 aromatic rings. The van der Waals surface area contributed by atoms with E-state index in [-0.39, 0.29) is 6.04 Å². The van der Waals surface area contributed by atoms with Crippen LogP contribution in [0, 0.1) is 0 Å². The van der Waals surface area contributed by atoms with Gasteiger partial charge in [-0.3, -0.25) is 0 Å². The molecule has 0 unspecified atom stereocenters. The largest absolute Gasteiger partial charge is 0.437 e. The summed E-state index contributed by atoms with van der Waals surface area (Å²) in [4.78, 5) is 4.14. The Hall–Kier alpha value is -1.10. The maximum Gasteiger partial charge on any atom is 0.219 e. The van der Waals surface area contributed by atoms with Gasteiger partial charge in [0.25, 0.3) is 0 Å². The van der Waals surface area contributed by atoms with E-state index >= 15 is 0 Å². The van der Waals surface area contributed by atoms with Crippen LogP contribution in [-0.4, -0.2) is 4.98 Å². The number of nitrogens with zero attached hydrogens (tertiary/aromatic N) is 1. The number of hydrogen-bond donors (Lipinski definition) is 1. The van der Waals surface area contributed by atoms with E-state index in [2.05, 4.69) is 20.9 Å². The fraction of sp³-hybridized carbons (Fsp3) is 0.154. The van der Waals surface area contributed by atoms with Gasteiger partial charge in [-0.1, -0.05) is 27.5 Å². The Kier molecular flexibility index (Phi) is 4.22. The van der Waals surface area contributed by atoms with E-state index in [0.29, 0.717) is 16.7 Å². The molecular formula is C13H12BrClN2O. The molecule has 5 heteroatoms. The predicted molar refractivity (Wildman–Crippen MR) is 76.1 cm³/mol. The van der Waals surface area contributed by atoms with Gasteiger partial charge in [-0.25, -0.2) is 4.98 Å². The van der Waals surface area contributed by atoms with Gasteiger partial charge in [0.05, 0.1) is 5.02 Å². The molecule has 0 radical (unpaired) electrons. The van der Waals surface area contributed by atoms with E-state index in [4.69, 9.17) is 22.1 Å². The van der Waals surface area contributed by atoms with E-state index in [9.17, 15) is 0 Å². The van der Waals surface area contributed by atoms with Gasteiger partial charge in [0, 0.05) is 22.8 Å². The van der Waals surface area contributed by atoms with Gasteiger partial charge in [-0.2, -0.15) is 0 Å². The van der Waals surface area contributed by atoms with Crippen LogP contribution in [0.1, 0.15) is 18.5 Å². The normalized spacial score (nSPS) is 12.2. The average molecular weight is 328 g/mol. The Morgan fingerprint density at radius 1 is 1.33 bits per heavy atom. The molecule has 1 atom stereocenters. The lowest BCUT2D eigenvalue weighted by Gasteiger charge is -2.10. The van der Waals surface area contributed by atoms with E-state index in [1.807, 2.05) is 25.1 Å². The lowest BCUT2D eigenvalue weighted by atomic mass is 10.1. The summed E-state index contributed by atoms with van der Waals surface area (Å²) in [6.45, 7) is 1.91. The highest BCUT2D eigenvalue weighted by molar-refractivity contribution is 9.10. The number of hydrogen-bond acceptors (Lipinski definition) is 3. The molecule has 0 fully saturated rings. The minimum atomic E-state index is -0.0617. The van der Waals surface area contributed by atoms with Gasteiger partial charge in [-0.05, 0) is 36.8 Å². The first-order valence-electron chi connectivity index (χ1n) is 5.40. The molecule has 0 bridgehead atoms. The molecule has 94 valence electrons. The number of benzene rings is 1. The highest BCUT2D eigenvalue weighted by Gasteiger charge is 2.07. The Morgan fingerprint density at radius 3 is 2.83 bits per heavy atom. The van der Waals surface area contributed by atoms with Crippen LogP contribution < -0.4 is 10.5 Å². The first-order valence-corrected chi connectivity index (χ1v) is 6.58. The summed E-state index contributed by atoms with van der Waals surface area (Å²) in [5.41, 5.74) is 6.78. The second kappa shape index (κ2) is 5.69. The quantitative estimate of drug-likeness (QED) is 0.914. The summed E-state index contributed by atoms with van der Waals surface area (Å²) >= 11 is 9.42. The first-order chi connectivity index (χ1) is 8.56. The number of nitrogens with two attached hydrogens (primary N) is 1. The number of pyridine rings is 1. The minimum absolute atomic E-state index is 0.0617. The summed E-state index contributed by atoms with van der Waals surface area (Å²) in [7, 11) is 0. The SMILES string of the molecule is C[C@H](N)c1ccnc(Oc2cc(Br)ccc2Cl)c1. The molecule has 18 heavy (non-hydrogen) atoms. The molecule has 1 heterocycles. The van der Waals surface area contributed by atoms with Crippen LogP contribution >= 0.6 is 27.5 Å². The van der Waals surface area contributed by atoms with Crippen LogP contribution in [0.25, 0.3) is 0 Å². The van der Waals surface area contributed by atoms with Gasteiger partial charge in [0.1, 0.15) is 5.75 Å². The van der Waals surface area contributed by atoms with Gasteiger partial charge >= 0.3 is 0 Å². The summed E-state index contributed by atoms with van der Waals surface area (Å²) in [6.07, 6.45) is 1.67. The molecule has 0 saturated carbocycles. The van der Waals surface area contributed by atoms with Crippen molar-refractivity contribution in [3.8, 4) is 11.6 Å². The number of ether oxygens (including phenoxy) is 1. The molecule has 0 aliphatic carbocycles. The van der Waals surface area contributed by atoms with Crippen molar-refractivity contribution in [1.82, 2.24) is 4.98 Å². The zero-order chi connectivity index (χ0) is 13.1. The molecule has 3 nitrogen and oxygen atoms in total. The Balaban J connectivity index is 2.28. The molecule has 2 rings (SSSR count). The molecule has 0 spiro atoms. The second-order valence-corrected chi connectivity index (χ2v) is 5.22. The summed E-state index contributed by atoms with van der Waals surface area (Å²) < 4.78 is 6.55. The highest BCUT2D eigenvalue weighted by Crippen LogP contribution is 2.31. The molecule has 1 aromatic heterocycles. The monoisotopic (exact) mass is 326 g/mol. The molecule has 2 N–H and O–H groups in total. The first kappa shape index (κ1) is 13.3. The average Bonchev–Trinajstić information content (AvgIpc) is 2.34. The van der Waals surface area contributed by atoms with Crippen LogP contribution in [0.4, 0.5) is 0 Å². The van der Waals surface area contributed by atoms with Crippen molar-refractivity contribution in [3.05, 3.63) is 51.6 Å². The molecule has 0 saturated heterocycles. The maximum atomic E-state index is 6.05. The van der Waals surface area contributed by atoms with Crippen LogP contribution in [0.15, 0.2) is 41.0 Å². The van der Waals surface area contributed by atoms with Gasteiger partial charge in [0.15, 0.2) is 0 Å². The molecule has 0 amide bonds. The maximum absolute atomic E-state index is 6.05. The van der Waals surface area contributed by atoms with Crippen molar-refractivity contribution in [3.63, 3.8) is 0 Å². The number of aromatic nitrogens is 1. The third kappa shape index (κ3) is 3.22. The van der Waals surface area contributed by atoms with Crippen LogP contribution in [0.2, 0.25) is 5.02 Å². The molecule has 1 aromatic carbocycles. The Labute approximate surface area is 119 Å². The van der Waals surface area contributed by atoms with Gasteiger partial charge in [-0.15, -0.1) is 0 Å². The third-order valence-corrected chi connectivity index (χ3v) is 3.20. The second-order valence-electron chi connectivity index (χ2n) is 3.89. The summed E-state index contributed by atoms with van der Waals surface area (Å²) in [5.74, 6) is 1.03. The van der Waals surface area contributed by atoms with Crippen LogP contribution in [0.5, 0.6) is 11.6 Å². The standard InChI is InChI=1S/C13H12BrClN2O/c1-8(16)9-4-5-17-13(6-9)18-12-7-10(14)2-3-11(12)15/h2-8H,16H2,1H3/t8-/m0/s1. The fourth-order valence-electron chi connectivity index (χ4n) is 1.43. The number of halogens is 2. The molecular weight excluding hydrogens is 316 g/mol. The zero-order valence-electron chi connectivity index (χ0n) is 9.73. The van der Waals surface area contributed by atoms with Crippen molar-refractivity contribution in [2.75, 3.05) is 0 Å². The third-order valence-electron chi connectivity index (χ3n) is 2.39. The summed E-state index contributed by atoms with van der Waals surface area (Å²) in [6, 6.07) is 9.01. The molecule has 0 aliphatic heterocycles. The van der Waals surface area contributed by atoms with E-state index in [1.54, 1.807) is 18.3 Å². The van der Waals surface area contributed by atoms with Crippen molar-refractivity contribution < 1.29 is 4.74 Å². The highest BCUT2D eigenvalue weighted by atomic mass is 79.9. The topological polar surface area (TPSA) is 48.1 Å². The lowest BCUT2D eigenvalue weighted by molar-refractivity contribution is 0.461. The van der Waals surface area contributed by atoms with Gasteiger partial charge < -0.3 is 10.5 Å².